The summed E-state index contributed by atoms with van der Waals surface area (Å²) in [5.74, 6) is -0.234. The Balaban J connectivity index is 3.52. The lowest BCUT2D eigenvalue weighted by atomic mass is 10.1. The molecule has 0 aromatic carbocycles. The van der Waals surface area contributed by atoms with E-state index in [0.29, 0.717) is 12.5 Å². The summed E-state index contributed by atoms with van der Waals surface area (Å²) >= 11 is 0. The Kier molecular flexibility index (Phi) is 6.59. The molecule has 0 rings (SSSR count). The number of nitrogens with two attached hydrogens (primary N) is 1. The highest BCUT2D eigenvalue weighted by Gasteiger charge is 2.08. The van der Waals surface area contributed by atoms with Gasteiger partial charge in [-0.05, 0) is 20.3 Å². The summed E-state index contributed by atoms with van der Waals surface area (Å²) in [6.45, 7) is 6.32. The Morgan fingerprint density at radius 2 is 2.00 bits per heavy atom. The third kappa shape index (κ3) is 7.78. The second kappa shape index (κ2) is 6.89. The van der Waals surface area contributed by atoms with Gasteiger partial charge in [0.2, 0.25) is 5.91 Å². The standard InChI is InChI=1S/C10H22N2O/c1-4-5-6-8(2)12-9(3)7-10(11)13/h8-9,12H,4-7H2,1-3H3,(H2,11,13). The van der Waals surface area contributed by atoms with Gasteiger partial charge in [0.25, 0.3) is 0 Å². The zero-order valence-corrected chi connectivity index (χ0v) is 8.97. The molecule has 1 amide bonds. The molecule has 0 fully saturated rings. The molecule has 0 radical (unpaired) electrons. The quantitative estimate of drug-likeness (QED) is 0.631. The van der Waals surface area contributed by atoms with Crippen molar-refractivity contribution in [2.75, 3.05) is 0 Å². The molecule has 0 heterocycles. The summed E-state index contributed by atoms with van der Waals surface area (Å²) in [7, 11) is 0. The van der Waals surface area contributed by atoms with Crippen molar-refractivity contribution >= 4 is 5.91 Å². The topological polar surface area (TPSA) is 55.1 Å². The second-order valence-corrected chi connectivity index (χ2v) is 3.78. The van der Waals surface area contributed by atoms with E-state index in [1.165, 1.54) is 19.3 Å². The molecule has 3 heteroatoms. The second-order valence-electron chi connectivity index (χ2n) is 3.78. The van der Waals surface area contributed by atoms with Crippen LogP contribution in [0.1, 0.15) is 46.5 Å². The molecular formula is C10H22N2O. The Labute approximate surface area is 81.1 Å². The van der Waals surface area contributed by atoms with Gasteiger partial charge in [0, 0.05) is 18.5 Å². The lowest BCUT2D eigenvalue weighted by Crippen LogP contribution is -2.37. The highest BCUT2D eigenvalue weighted by Crippen LogP contribution is 2.01. The molecule has 3 nitrogen and oxygen atoms in total. The monoisotopic (exact) mass is 186 g/mol. The number of carbonyl (C=O) groups excluding carboxylic acids is 1. The lowest BCUT2D eigenvalue weighted by molar-refractivity contribution is -0.118. The zero-order chi connectivity index (χ0) is 10.3. The van der Waals surface area contributed by atoms with Crippen molar-refractivity contribution < 1.29 is 4.79 Å². The van der Waals surface area contributed by atoms with Crippen LogP contribution in [0.4, 0.5) is 0 Å². The van der Waals surface area contributed by atoms with Crippen LogP contribution in [0.5, 0.6) is 0 Å². The third-order valence-electron chi connectivity index (χ3n) is 2.07. The summed E-state index contributed by atoms with van der Waals surface area (Å²) in [6, 6.07) is 0.679. The molecule has 0 spiro atoms. The number of primary amides is 1. The van der Waals surface area contributed by atoms with E-state index < -0.39 is 0 Å². The fraction of sp³-hybridized carbons (Fsp3) is 0.900. The van der Waals surface area contributed by atoms with Gasteiger partial charge in [-0.15, -0.1) is 0 Å². The molecule has 3 N–H and O–H groups in total. The van der Waals surface area contributed by atoms with Gasteiger partial charge in [-0.3, -0.25) is 4.79 Å². The highest BCUT2D eigenvalue weighted by molar-refractivity contribution is 5.74. The molecule has 0 aromatic rings. The predicted molar refractivity (Wildman–Crippen MR) is 55.4 cm³/mol. The molecule has 0 aromatic heterocycles. The van der Waals surface area contributed by atoms with Gasteiger partial charge in [0.15, 0.2) is 0 Å². The molecule has 2 unspecified atom stereocenters. The molecule has 0 aliphatic carbocycles. The Hall–Kier alpha value is -0.570. The normalized spacial score (nSPS) is 15.3. The van der Waals surface area contributed by atoms with Gasteiger partial charge in [-0.25, -0.2) is 0 Å². The van der Waals surface area contributed by atoms with Crippen LogP contribution in [0.2, 0.25) is 0 Å². The molecule has 0 saturated heterocycles. The summed E-state index contributed by atoms with van der Waals surface area (Å²) < 4.78 is 0. The van der Waals surface area contributed by atoms with Crippen LogP contribution in [0, 0.1) is 0 Å². The van der Waals surface area contributed by atoms with Crippen LogP contribution < -0.4 is 11.1 Å². The molecular weight excluding hydrogens is 164 g/mol. The van der Waals surface area contributed by atoms with E-state index in [-0.39, 0.29) is 11.9 Å². The number of nitrogens with one attached hydrogen (secondary N) is 1. The van der Waals surface area contributed by atoms with E-state index >= 15 is 0 Å². The van der Waals surface area contributed by atoms with Crippen LogP contribution in [0.3, 0.4) is 0 Å². The first kappa shape index (κ1) is 12.4. The van der Waals surface area contributed by atoms with Crippen LogP contribution >= 0.6 is 0 Å². The SMILES string of the molecule is CCCCC(C)NC(C)CC(N)=O. The van der Waals surface area contributed by atoms with E-state index in [1.54, 1.807) is 0 Å². The molecule has 0 aliphatic heterocycles. The fourth-order valence-electron chi connectivity index (χ4n) is 1.44. The largest absolute Gasteiger partial charge is 0.370 e. The average Bonchev–Trinajstić information content (AvgIpc) is 1.98. The number of amides is 1. The Morgan fingerprint density at radius 1 is 1.38 bits per heavy atom. The predicted octanol–water partition coefficient (Wildman–Crippen LogP) is 1.42. The first-order valence-electron chi connectivity index (χ1n) is 5.10. The molecule has 2 atom stereocenters. The zero-order valence-electron chi connectivity index (χ0n) is 8.97. The van der Waals surface area contributed by atoms with Crippen molar-refractivity contribution in [1.29, 1.82) is 0 Å². The molecule has 0 bridgehead atoms. The van der Waals surface area contributed by atoms with Crippen molar-refractivity contribution in [2.45, 2.75) is 58.5 Å². The summed E-state index contributed by atoms with van der Waals surface area (Å²) in [4.78, 5) is 10.6. The van der Waals surface area contributed by atoms with Crippen LogP contribution in [-0.4, -0.2) is 18.0 Å². The van der Waals surface area contributed by atoms with E-state index in [1.807, 2.05) is 6.92 Å². The summed E-state index contributed by atoms with van der Waals surface area (Å²) in [5.41, 5.74) is 5.09. The fourth-order valence-corrected chi connectivity index (χ4v) is 1.44. The minimum absolute atomic E-state index is 0.198. The third-order valence-corrected chi connectivity index (χ3v) is 2.07. The first-order chi connectivity index (χ1) is 6.06. The van der Waals surface area contributed by atoms with E-state index in [2.05, 4.69) is 19.2 Å². The molecule has 13 heavy (non-hydrogen) atoms. The number of unbranched alkanes of at least 4 members (excludes halogenated alkanes) is 1. The van der Waals surface area contributed by atoms with E-state index in [9.17, 15) is 4.79 Å². The van der Waals surface area contributed by atoms with E-state index in [0.717, 1.165) is 0 Å². The number of carbonyl (C=O) groups is 1. The van der Waals surface area contributed by atoms with Crippen LogP contribution in [-0.2, 0) is 4.79 Å². The van der Waals surface area contributed by atoms with Gasteiger partial charge in [0.05, 0.1) is 0 Å². The van der Waals surface area contributed by atoms with Crippen LogP contribution in [0.25, 0.3) is 0 Å². The minimum Gasteiger partial charge on any atom is -0.370 e. The molecule has 0 saturated carbocycles. The maximum absolute atomic E-state index is 10.6. The van der Waals surface area contributed by atoms with Crippen molar-refractivity contribution in [3.63, 3.8) is 0 Å². The number of hydrogen-bond donors (Lipinski definition) is 2. The lowest BCUT2D eigenvalue weighted by Gasteiger charge is -2.18. The highest BCUT2D eigenvalue weighted by atomic mass is 16.1. The number of rotatable bonds is 7. The van der Waals surface area contributed by atoms with Crippen molar-refractivity contribution in [2.24, 2.45) is 5.73 Å². The maximum atomic E-state index is 10.6. The Morgan fingerprint density at radius 3 is 2.46 bits per heavy atom. The Bertz CT molecular complexity index is 148. The number of hydrogen-bond acceptors (Lipinski definition) is 2. The molecule has 78 valence electrons. The average molecular weight is 186 g/mol. The molecule has 0 aliphatic rings. The van der Waals surface area contributed by atoms with Gasteiger partial charge >= 0.3 is 0 Å². The van der Waals surface area contributed by atoms with Gasteiger partial charge in [-0.2, -0.15) is 0 Å². The van der Waals surface area contributed by atoms with Crippen LogP contribution in [0.15, 0.2) is 0 Å². The maximum Gasteiger partial charge on any atom is 0.218 e. The van der Waals surface area contributed by atoms with Crippen molar-refractivity contribution in [3.05, 3.63) is 0 Å². The first-order valence-corrected chi connectivity index (χ1v) is 5.10. The smallest absolute Gasteiger partial charge is 0.218 e. The summed E-state index contributed by atoms with van der Waals surface area (Å²) in [5, 5.41) is 3.35. The summed E-state index contributed by atoms with van der Waals surface area (Å²) in [6.07, 6.45) is 4.05. The van der Waals surface area contributed by atoms with Gasteiger partial charge < -0.3 is 11.1 Å². The van der Waals surface area contributed by atoms with Crippen molar-refractivity contribution in [1.82, 2.24) is 5.32 Å². The van der Waals surface area contributed by atoms with Crippen molar-refractivity contribution in [3.8, 4) is 0 Å². The van der Waals surface area contributed by atoms with Gasteiger partial charge in [-0.1, -0.05) is 19.8 Å². The minimum atomic E-state index is -0.234. The van der Waals surface area contributed by atoms with Gasteiger partial charge in [0.1, 0.15) is 0 Å². The van der Waals surface area contributed by atoms with E-state index in [4.69, 9.17) is 5.73 Å².